The summed E-state index contributed by atoms with van der Waals surface area (Å²) in [5.74, 6) is -0.798. The summed E-state index contributed by atoms with van der Waals surface area (Å²) in [6.45, 7) is 7.66. The third-order valence-corrected chi connectivity index (χ3v) is 5.30. The summed E-state index contributed by atoms with van der Waals surface area (Å²) in [7, 11) is 1.68. The molecule has 2 amide bonds. The summed E-state index contributed by atoms with van der Waals surface area (Å²) < 4.78 is 10.6. The molecule has 9 heteroatoms. The molecule has 0 bridgehead atoms. The second-order valence-corrected chi connectivity index (χ2v) is 9.04. The molecule has 0 aromatic heterocycles. The minimum atomic E-state index is -1.05. The Balaban J connectivity index is 1.56. The van der Waals surface area contributed by atoms with Gasteiger partial charge in [0, 0.05) is 50.2 Å². The Kier molecular flexibility index (Phi) is 7.65. The van der Waals surface area contributed by atoms with E-state index in [1.807, 2.05) is 32.9 Å². The van der Waals surface area contributed by atoms with Gasteiger partial charge >= 0.3 is 12.1 Å². The van der Waals surface area contributed by atoms with Gasteiger partial charge in [-0.25, -0.2) is 9.59 Å². The number of aliphatic carboxylic acids is 1. The molecule has 2 aromatic carbocycles. The van der Waals surface area contributed by atoms with Crippen molar-refractivity contribution in [1.82, 2.24) is 4.90 Å². The van der Waals surface area contributed by atoms with Crippen LogP contribution in [0, 0.1) is 0 Å². The summed E-state index contributed by atoms with van der Waals surface area (Å²) in [6, 6.07) is 14.1. The number of benzene rings is 2. The topological polar surface area (TPSA) is 99.6 Å². The molecule has 0 spiro atoms. The van der Waals surface area contributed by atoms with E-state index in [0.29, 0.717) is 43.2 Å². The monoisotopic (exact) mass is 469 g/mol. The molecular weight excluding hydrogens is 438 g/mol. The van der Waals surface area contributed by atoms with Gasteiger partial charge in [-0.3, -0.25) is 4.79 Å². The van der Waals surface area contributed by atoms with Crippen LogP contribution in [-0.2, 0) is 9.53 Å². The van der Waals surface area contributed by atoms with Gasteiger partial charge in [-0.1, -0.05) is 0 Å². The van der Waals surface area contributed by atoms with E-state index in [0.717, 1.165) is 5.69 Å². The first kappa shape index (κ1) is 24.9. The van der Waals surface area contributed by atoms with Gasteiger partial charge in [-0.2, -0.15) is 0 Å². The fourth-order valence-electron chi connectivity index (χ4n) is 3.51. The number of hydrogen-bond acceptors (Lipinski definition) is 6. The van der Waals surface area contributed by atoms with Crippen LogP contribution in [0.15, 0.2) is 48.5 Å². The van der Waals surface area contributed by atoms with Gasteiger partial charge in [0.1, 0.15) is 11.4 Å². The number of nitrogens with zero attached hydrogens (tertiary/aromatic N) is 3. The number of carboxylic acid groups (broad SMARTS) is 1. The Morgan fingerprint density at radius 3 is 2.06 bits per heavy atom. The van der Waals surface area contributed by atoms with E-state index in [4.69, 9.17) is 14.6 Å². The van der Waals surface area contributed by atoms with Crippen molar-refractivity contribution < 1.29 is 29.0 Å². The maximum absolute atomic E-state index is 12.9. The highest BCUT2D eigenvalue weighted by molar-refractivity contribution is 6.05. The molecule has 0 aliphatic carbocycles. The van der Waals surface area contributed by atoms with Crippen LogP contribution in [0.1, 0.15) is 31.1 Å². The van der Waals surface area contributed by atoms with Gasteiger partial charge in [0.15, 0.2) is 6.61 Å². The Bertz CT molecular complexity index is 1010. The first-order valence-corrected chi connectivity index (χ1v) is 11.1. The van der Waals surface area contributed by atoms with Crippen LogP contribution in [0.25, 0.3) is 0 Å². The molecule has 0 atom stereocenters. The number of piperazine rings is 1. The molecule has 1 N–H and O–H groups in total. The van der Waals surface area contributed by atoms with Crippen molar-refractivity contribution >= 4 is 29.3 Å². The predicted octanol–water partition coefficient (Wildman–Crippen LogP) is 3.48. The Labute approximate surface area is 199 Å². The Morgan fingerprint density at radius 2 is 1.53 bits per heavy atom. The van der Waals surface area contributed by atoms with Gasteiger partial charge < -0.3 is 29.3 Å². The molecule has 1 fully saturated rings. The highest BCUT2D eigenvalue weighted by Gasteiger charge is 2.26. The zero-order chi connectivity index (χ0) is 24.9. The molecule has 1 aliphatic rings. The molecule has 0 radical (unpaired) electrons. The standard InChI is InChI=1S/C25H31N3O6/c1-25(2,3)34-24(32)28-15-13-27(14-16-28)20-7-5-18(6-8-20)23(31)26(4)19-9-11-21(12-10-19)33-17-22(29)30/h5-12H,13-17H2,1-4H3,(H,29,30). The van der Waals surface area contributed by atoms with E-state index in [-0.39, 0.29) is 12.0 Å². The molecule has 9 nitrogen and oxygen atoms in total. The van der Waals surface area contributed by atoms with Crippen LogP contribution in [0.4, 0.5) is 16.2 Å². The van der Waals surface area contributed by atoms with Crippen LogP contribution in [-0.4, -0.2) is 73.4 Å². The van der Waals surface area contributed by atoms with Gasteiger partial charge in [0.05, 0.1) is 0 Å². The second kappa shape index (κ2) is 10.5. The fraction of sp³-hybridized carbons (Fsp3) is 0.400. The number of carbonyl (C=O) groups is 3. The number of amides is 2. The average molecular weight is 470 g/mol. The third kappa shape index (κ3) is 6.63. The highest BCUT2D eigenvalue weighted by atomic mass is 16.6. The molecule has 1 heterocycles. The van der Waals surface area contributed by atoms with Crippen molar-refractivity contribution in [2.45, 2.75) is 26.4 Å². The number of carboxylic acids is 1. The van der Waals surface area contributed by atoms with Crippen LogP contribution < -0.4 is 14.5 Å². The molecule has 34 heavy (non-hydrogen) atoms. The van der Waals surface area contributed by atoms with Crippen LogP contribution in [0.3, 0.4) is 0 Å². The lowest BCUT2D eigenvalue weighted by molar-refractivity contribution is -0.139. The summed E-state index contributed by atoms with van der Waals surface area (Å²) in [6.07, 6.45) is -0.294. The molecule has 0 unspecified atom stereocenters. The Morgan fingerprint density at radius 1 is 0.941 bits per heavy atom. The summed E-state index contributed by atoms with van der Waals surface area (Å²) >= 11 is 0. The zero-order valence-corrected chi connectivity index (χ0v) is 20.0. The fourth-order valence-corrected chi connectivity index (χ4v) is 3.51. The van der Waals surface area contributed by atoms with Gasteiger partial charge in [0.2, 0.25) is 0 Å². The number of anilines is 2. The summed E-state index contributed by atoms with van der Waals surface area (Å²) in [5, 5.41) is 8.69. The normalized spacial score (nSPS) is 13.9. The molecule has 1 saturated heterocycles. The largest absolute Gasteiger partial charge is 0.482 e. The Hall–Kier alpha value is -3.75. The van der Waals surface area contributed by atoms with E-state index >= 15 is 0 Å². The predicted molar refractivity (Wildman–Crippen MR) is 129 cm³/mol. The van der Waals surface area contributed by atoms with Crippen molar-refractivity contribution in [2.24, 2.45) is 0 Å². The van der Waals surface area contributed by atoms with E-state index in [1.54, 1.807) is 48.3 Å². The van der Waals surface area contributed by atoms with Crippen molar-refractivity contribution in [2.75, 3.05) is 49.6 Å². The first-order chi connectivity index (χ1) is 16.0. The number of ether oxygens (including phenoxy) is 2. The van der Waals surface area contributed by atoms with E-state index < -0.39 is 18.2 Å². The minimum absolute atomic E-state index is 0.166. The quantitative estimate of drug-likeness (QED) is 0.691. The third-order valence-electron chi connectivity index (χ3n) is 5.30. The smallest absolute Gasteiger partial charge is 0.410 e. The number of carbonyl (C=O) groups excluding carboxylic acids is 2. The number of rotatable bonds is 6. The lowest BCUT2D eigenvalue weighted by atomic mass is 10.1. The zero-order valence-electron chi connectivity index (χ0n) is 20.0. The molecule has 182 valence electrons. The van der Waals surface area contributed by atoms with E-state index in [2.05, 4.69) is 4.90 Å². The SMILES string of the molecule is CN(C(=O)c1ccc(N2CCN(C(=O)OC(C)(C)C)CC2)cc1)c1ccc(OCC(=O)O)cc1. The highest BCUT2D eigenvalue weighted by Crippen LogP contribution is 2.22. The lowest BCUT2D eigenvalue weighted by Crippen LogP contribution is -2.50. The van der Waals surface area contributed by atoms with Crippen LogP contribution in [0.5, 0.6) is 5.75 Å². The maximum Gasteiger partial charge on any atom is 0.410 e. The van der Waals surface area contributed by atoms with E-state index in [9.17, 15) is 14.4 Å². The summed E-state index contributed by atoms with van der Waals surface area (Å²) in [5.41, 5.74) is 1.68. The van der Waals surface area contributed by atoms with Gasteiger partial charge in [-0.15, -0.1) is 0 Å². The van der Waals surface area contributed by atoms with E-state index in [1.165, 1.54) is 4.90 Å². The first-order valence-electron chi connectivity index (χ1n) is 11.1. The van der Waals surface area contributed by atoms with Crippen LogP contribution in [0.2, 0.25) is 0 Å². The lowest BCUT2D eigenvalue weighted by Gasteiger charge is -2.36. The van der Waals surface area contributed by atoms with Gasteiger partial charge in [0.25, 0.3) is 5.91 Å². The second-order valence-electron chi connectivity index (χ2n) is 9.04. The minimum Gasteiger partial charge on any atom is -0.482 e. The molecule has 3 rings (SSSR count). The number of hydrogen-bond donors (Lipinski definition) is 1. The van der Waals surface area contributed by atoms with Crippen molar-refractivity contribution in [1.29, 1.82) is 0 Å². The van der Waals surface area contributed by atoms with Gasteiger partial charge in [-0.05, 0) is 69.3 Å². The van der Waals surface area contributed by atoms with Crippen molar-refractivity contribution in [3.8, 4) is 5.75 Å². The average Bonchev–Trinajstić information content (AvgIpc) is 2.81. The van der Waals surface area contributed by atoms with Crippen molar-refractivity contribution in [3.05, 3.63) is 54.1 Å². The molecule has 2 aromatic rings. The summed E-state index contributed by atoms with van der Waals surface area (Å²) in [4.78, 5) is 41.2. The van der Waals surface area contributed by atoms with Crippen LogP contribution >= 0.6 is 0 Å². The maximum atomic E-state index is 12.9. The molecule has 1 aliphatic heterocycles. The molecular formula is C25H31N3O6. The van der Waals surface area contributed by atoms with Crippen molar-refractivity contribution in [3.63, 3.8) is 0 Å². The molecule has 0 saturated carbocycles.